The molecule has 0 radical (unpaired) electrons. The van der Waals surface area contributed by atoms with Crippen LogP contribution < -0.4 is 0 Å². The average Bonchev–Trinajstić information content (AvgIpc) is 2.79. The van der Waals surface area contributed by atoms with Crippen LogP contribution in [0.15, 0.2) is 18.3 Å². The van der Waals surface area contributed by atoms with E-state index in [1.165, 1.54) is 0 Å². The molecule has 0 aromatic carbocycles. The smallest absolute Gasteiger partial charge is 0.160 e. The maximum atomic E-state index is 12.3. The highest BCUT2D eigenvalue weighted by Crippen LogP contribution is 2.24. The number of hydrogen-bond acceptors (Lipinski definition) is 4. The first kappa shape index (κ1) is 14.5. The quantitative estimate of drug-likeness (QED) is 0.869. The van der Waals surface area contributed by atoms with Gasteiger partial charge in [-0.3, -0.25) is 0 Å². The SMILES string of the molecule is CCCc1nc2cccnc2n1CC1CCCCS1(=O)=O. The van der Waals surface area contributed by atoms with E-state index in [9.17, 15) is 8.42 Å². The van der Waals surface area contributed by atoms with Crippen LogP contribution in [-0.2, 0) is 22.8 Å². The maximum absolute atomic E-state index is 12.3. The molecule has 0 amide bonds. The van der Waals surface area contributed by atoms with Crippen LogP contribution in [0.1, 0.15) is 38.4 Å². The van der Waals surface area contributed by atoms with Crippen LogP contribution >= 0.6 is 0 Å². The van der Waals surface area contributed by atoms with Crippen molar-refractivity contribution in [1.82, 2.24) is 14.5 Å². The molecule has 3 rings (SSSR count). The van der Waals surface area contributed by atoms with Crippen LogP contribution in [0.3, 0.4) is 0 Å². The van der Waals surface area contributed by atoms with Crippen LogP contribution in [0.4, 0.5) is 0 Å². The Morgan fingerprint density at radius 1 is 1.38 bits per heavy atom. The summed E-state index contributed by atoms with van der Waals surface area (Å²) in [5.74, 6) is 1.27. The molecule has 2 aromatic heterocycles. The lowest BCUT2D eigenvalue weighted by molar-refractivity contribution is 0.505. The molecule has 0 spiro atoms. The van der Waals surface area contributed by atoms with E-state index in [-0.39, 0.29) is 5.25 Å². The van der Waals surface area contributed by atoms with E-state index in [4.69, 9.17) is 0 Å². The number of rotatable bonds is 4. The molecule has 1 aliphatic rings. The highest BCUT2D eigenvalue weighted by molar-refractivity contribution is 7.92. The molecule has 0 saturated carbocycles. The van der Waals surface area contributed by atoms with Crippen molar-refractivity contribution in [2.24, 2.45) is 0 Å². The summed E-state index contributed by atoms with van der Waals surface area (Å²) in [4.78, 5) is 9.02. The molecule has 0 aliphatic carbocycles. The first-order valence-electron chi connectivity index (χ1n) is 7.63. The van der Waals surface area contributed by atoms with Crippen LogP contribution in [-0.4, -0.2) is 34.0 Å². The Kier molecular flexibility index (Phi) is 3.97. The molecule has 0 bridgehead atoms. The number of fused-ring (bicyclic) bond motifs is 1. The summed E-state index contributed by atoms with van der Waals surface area (Å²) in [5.41, 5.74) is 1.66. The number of nitrogens with zero attached hydrogens (tertiary/aromatic N) is 3. The first-order chi connectivity index (χ1) is 10.1. The normalized spacial score (nSPS) is 21.7. The largest absolute Gasteiger partial charge is 0.311 e. The molecule has 6 heteroatoms. The van der Waals surface area contributed by atoms with Gasteiger partial charge in [0.15, 0.2) is 15.5 Å². The Morgan fingerprint density at radius 3 is 3.00 bits per heavy atom. The molecule has 21 heavy (non-hydrogen) atoms. The lowest BCUT2D eigenvalue weighted by atomic mass is 10.2. The Bertz CT molecular complexity index is 736. The Labute approximate surface area is 125 Å². The van der Waals surface area contributed by atoms with Crippen molar-refractivity contribution in [2.75, 3.05) is 5.75 Å². The molecule has 2 aromatic rings. The summed E-state index contributed by atoms with van der Waals surface area (Å²) in [5, 5.41) is -0.290. The number of pyridine rings is 1. The molecule has 1 fully saturated rings. The number of aryl methyl sites for hydroxylation is 1. The maximum Gasteiger partial charge on any atom is 0.160 e. The third-order valence-electron chi connectivity index (χ3n) is 4.16. The van der Waals surface area contributed by atoms with Crippen molar-refractivity contribution >= 4 is 21.0 Å². The summed E-state index contributed by atoms with van der Waals surface area (Å²) < 4.78 is 26.5. The van der Waals surface area contributed by atoms with Crippen molar-refractivity contribution in [3.63, 3.8) is 0 Å². The molecule has 0 N–H and O–H groups in total. The predicted molar refractivity (Wildman–Crippen MR) is 82.9 cm³/mol. The van der Waals surface area contributed by atoms with Crippen molar-refractivity contribution in [2.45, 2.75) is 50.8 Å². The zero-order valence-corrected chi connectivity index (χ0v) is 13.1. The molecule has 1 aliphatic heterocycles. The van der Waals surface area contributed by atoms with Crippen LogP contribution in [0.2, 0.25) is 0 Å². The molecule has 3 heterocycles. The van der Waals surface area contributed by atoms with E-state index in [1.54, 1.807) is 6.20 Å². The Morgan fingerprint density at radius 2 is 2.24 bits per heavy atom. The van der Waals surface area contributed by atoms with E-state index in [2.05, 4.69) is 16.9 Å². The lowest BCUT2D eigenvalue weighted by Crippen LogP contribution is -2.32. The second-order valence-corrected chi connectivity index (χ2v) is 8.12. The number of sulfone groups is 1. The third kappa shape index (κ3) is 2.81. The Balaban J connectivity index is 2.00. The van der Waals surface area contributed by atoms with E-state index >= 15 is 0 Å². The first-order valence-corrected chi connectivity index (χ1v) is 9.35. The van der Waals surface area contributed by atoms with Gasteiger partial charge in [0.1, 0.15) is 11.3 Å². The summed E-state index contributed by atoms with van der Waals surface area (Å²) in [7, 11) is -2.98. The van der Waals surface area contributed by atoms with Gasteiger partial charge in [0.2, 0.25) is 0 Å². The van der Waals surface area contributed by atoms with Gasteiger partial charge in [-0.15, -0.1) is 0 Å². The van der Waals surface area contributed by atoms with Gasteiger partial charge in [-0.2, -0.15) is 0 Å². The van der Waals surface area contributed by atoms with Crippen LogP contribution in [0.5, 0.6) is 0 Å². The monoisotopic (exact) mass is 307 g/mol. The molecule has 114 valence electrons. The second-order valence-electron chi connectivity index (χ2n) is 5.72. The summed E-state index contributed by atoms with van der Waals surface area (Å²) in [6.07, 6.45) is 6.12. The van der Waals surface area contributed by atoms with E-state index in [0.717, 1.165) is 49.1 Å². The highest BCUT2D eigenvalue weighted by atomic mass is 32.2. The van der Waals surface area contributed by atoms with Gasteiger partial charge in [-0.1, -0.05) is 13.3 Å². The Hall–Kier alpha value is -1.43. The fourth-order valence-corrected chi connectivity index (χ4v) is 4.88. The van der Waals surface area contributed by atoms with E-state index < -0.39 is 9.84 Å². The van der Waals surface area contributed by atoms with Crippen LogP contribution in [0.25, 0.3) is 11.2 Å². The van der Waals surface area contributed by atoms with Crippen molar-refractivity contribution in [1.29, 1.82) is 0 Å². The molecular weight excluding hydrogens is 286 g/mol. The summed E-state index contributed by atoms with van der Waals surface area (Å²) in [6, 6.07) is 3.81. The van der Waals surface area contributed by atoms with Gasteiger partial charge in [0.25, 0.3) is 0 Å². The summed E-state index contributed by atoms with van der Waals surface area (Å²) in [6.45, 7) is 2.60. The van der Waals surface area contributed by atoms with Crippen molar-refractivity contribution in [3.8, 4) is 0 Å². The molecule has 1 unspecified atom stereocenters. The molecule has 1 saturated heterocycles. The summed E-state index contributed by atoms with van der Waals surface area (Å²) >= 11 is 0. The minimum atomic E-state index is -2.98. The second kappa shape index (κ2) is 5.75. The van der Waals surface area contributed by atoms with Gasteiger partial charge in [-0.05, 0) is 31.4 Å². The minimum Gasteiger partial charge on any atom is -0.311 e. The molecule has 1 atom stereocenters. The number of hydrogen-bond donors (Lipinski definition) is 0. The average molecular weight is 307 g/mol. The highest BCUT2D eigenvalue weighted by Gasteiger charge is 2.30. The van der Waals surface area contributed by atoms with Crippen LogP contribution in [0, 0.1) is 0 Å². The zero-order chi connectivity index (χ0) is 14.9. The number of aromatic nitrogens is 3. The fourth-order valence-electron chi connectivity index (χ4n) is 3.04. The minimum absolute atomic E-state index is 0.290. The fraction of sp³-hybridized carbons (Fsp3) is 0.600. The van der Waals surface area contributed by atoms with E-state index in [1.807, 2.05) is 16.7 Å². The molecule has 5 nitrogen and oxygen atoms in total. The van der Waals surface area contributed by atoms with Crippen molar-refractivity contribution in [3.05, 3.63) is 24.2 Å². The van der Waals surface area contributed by atoms with Gasteiger partial charge in [0, 0.05) is 19.2 Å². The van der Waals surface area contributed by atoms with E-state index in [0.29, 0.717) is 12.3 Å². The predicted octanol–water partition coefficient (Wildman–Crippen LogP) is 2.35. The molecular formula is C15H21N3O2S. The van der Waals surface area contributed by atoms with Gasteiger partial charge in [-0.25, -0.2) is 18.4 Å². The van der Waals surface area contributed by atoms with Gasteiger partial charge >= 0.3 is 0 Å². The van der Waals surface area contributed by atoms with Gasteiger partial charge in [0.05, 0.1) is 11.0 Å². The topological polar surface area (TPSA) is 64.8 Å². The standard InChI is InChI=1S/C15H21N3O2S/c1-2-6-14-17-13-8-5-9-16-15(13)18(14)11-12-7-3-4-10-21(12,19)20/h5,8-9,12H,2-4,6-7,10-11H2,1H3. The lowest BCUT2D eigenvalue weighted by Gasteiger charge is -2.23. The zero-order valence-electron chi connectivity index (χ0n) is 12.3. The van der Waals surface area contributed by atoms with Crippen molar-refractivity contribution < 1.29 is 8.42 Å². The number of imidazole rings is 1. The van der Waals surface area contributed by atoms with Gasteiger partial charge < -0.3 is 4.57 Å². The third-order valence-corrected chi connectivity index (χ3v) is 6.41.